The molecule has 0 radical (unpaired) electrons. The molecule has 60 valence electrons. The highest BCUT2D eigenvalue weighted by molar-refractivity contribution is 5.71. The molecule has 1 unspecified atom stereocenters. The summed E-state index contributed by atoms with van der Waals surface area (Å²) in [4.78, 5) is 10.4. The van der Waals surface area contributed by atoms with Gasteiger partial charge in [-0.05, 0) is 6.54 Å². The van der Waals surface area contributed by atoms with E-state index in [-0.39, 0.29) is 6.54 Å². The molecule has 0 amide bonds. The van der Waals surface area contributed by atoms with E-state index < -0.39 is 12.2 Å². The summed E-state index contributed by atoms with van der Waals surface area (Å²) in [6.07, 6.45) is -0.146. The van der Waals surface area contributed by atoms with Crippen molar-refractivity contribution in [2.24, 2.45) is 17.2 Å². The van der Waals surface area contributed by atoms with Gasteiger partial charge in [-0.3, -0.25) is 10.5 Å². The number of ether oxygens (including phenoxy) is 1. The molecule has 1 atom stereocenters. The number of rotatable bonds is 4. The molecule has 0 aliphatic carbocycles. The Morgan fingerprint density at radius 1 is 1.50 bits per heavy atom. The van der Waals surface area contributed by atoms with Gasteiger partial charge in [0.15, 0.2) is 6.23 Å². The maximum Gasteiger partial charge on any atom is 0.321 e. The molecular formula is C5H13N3O2. The van der Waals surface area contributed by atoms with Crippen LogP contribution in [0.3, 0.4) is 0 Å². The Labute approximate surface area is 59.5 Å². The van der Waals surface area contributed by atoms with Crippen molar-refractivity contribution in [2.75, 3.05) is 13.1 Å². The van der Waals surface area contributed by atoms with E-state index in [9.17, 15) is 4.79 Å². The summed E-state index contributed by atoms with van der Waals surface area (Å²) in [5, 5.41) is 0. The lowest BCUT2D eigenvalue weighted by Crippen LogP contribution is -2.32. The van der Waals surface area contributed by atoms with Gasteiger partial charge in [-0.25, -0.2) is 0 Å². The number of hydrogen-bond acceptors (Lipinski definition) is 5. The first-order valence-corrected chi connectivity index (χ1v) is 3.06. The topological polar surface area (TPSA) is 104 Å². The second-order valence-corrected chi connectivity index (χ2v) is 1.81. The molecule has 0 aliphatic rings. The lowest BCUT2D eigenvalue weighted by Gasteiger charge is -2.09. The Hall–Kier alpha value is -0.650. The largest absolute Gasteiger partial charge is 0.446 e. The monoisotopic (exact) mass is 147 g/mol. The van der Waals surface area contributed by atoms with Gasteiger partial charge in [0.25, 0.3) is 0 Å². The fourth-order valence-corrected chi connectivity index (χ4v) is 0.440. The second kappa shape index (κ2) is 5.16. The highest BCUT2D eigenvalue weighted by atomic mass is 16.6. The highest BCUT2D eigenvalue weighted by Crippen LogP contribution is 1.87. The zero-order chi connectivity index (χ0) is 7.98. The van der Waals surface area contributed by atoms with Crippen LogP contribution < -0.4 is 17.2 Å². The maximum atomic E-state index is 10.4. The van der Waals surface area contributed by atoms with Crippen LogP contribution >= 0.6 is 0 Å². The van der Waals surface area contributed by atoms with E-state index in [4.69, 9.17) is 17.2 Å². The summed E-state index contributed by atoms with van der Waals surface area (Å²) >= 11 is 0. The van der Waals surface area contributed by atoms with Crippen LogP contribution in [0.4, 0.5) is 0 Å². The first-order valence-electron chi connectivity index (χ1n) is 3.06. The fourth-order valence-electron chi connectivity index (χ4n) is 0.440. The highest BCUT2D eigenvalue weighted by Gasteiger charge is 2.05. The average Bonchev–Trinajstić information content (AvgIpc) is 1.88. The van der Waals surface area contributed by atoms with Crippen LogP contribution in [0.25, 0.3) is 0 Å². The minimum Gasteiger partial charge on any atom is -0.446 e. The molecule has 6 N–H and O–H groups in total. The molecule has 0 fully saturated rings. The quantitative estimate of drug-likeness (QED) is 0.319. The van der Waals surface area contributed by atoms with Gasteiger partial charge in [0.1, 0.15) is 0 Å². The van der Waals surface area contributed by atoms with Crippen LogP contribution in [0.5, 0.6) is 0 Å². The molecule has 0 aromatic carbocycles. The van der Waals surface area contributed by atoms with Crippen molar-refractivity contribution in [1.82, 2.24) is 0 Å². The van der Waals surface area contributed by atoms with Crippen LogP contribution in [0, 0.1) is 0 Å². The van der Waals surface area contributed by atoms with E-state index in [1.807, 2.05) is 0 Å². The molecule has 0 bridgehead atoms. The van der Waals surface area contributed by atoms with Gasteiger partial charge in [-0.2, -0.15) is 0 Å². The van der Waals surface area contributed by atoms with Gasteiger partial charge >= 0.3 is 5.97 Å². The van der Waals surface area contributed by atoms with Crippen LogP contribution in [-0.2, 0) is 9.53 Å². The average molecular weight is 147 g/mol. The van der Waals surface area contributed by atoms with E-state index in [0.717, 1.165) is 0 Å². The van der Waals surface area contributed by atoms with Gasteiger partial charge in [0.2, 0.25) is 0 Å². The smallest absolute Gasteiger partial charge is 0.321 e. The minimum absolute atomic E-state index is 0.141. The van der Waals surface area contributed by atoms with Gasteiger partial charge in [0.05, 0.1) is 6.54 Å². The Kier molecular flexibility index (Phi) is 4.82. The fraction of sp³-hybridized carbons (Fsp3) is 0.800. The molecular weight excluding hydrogens is 134 g/mol. The van der Waals surface area contributed by atoms with E-state index in [2.05, 4.69) is 4.74 Å². The molecule has 5 heteroatoms. The number of hydrogen-bond donors (Lipinski definition) is 3. The van der Waals surface area contributed by atoms with Crippen molar-refractivity contribution < 1.29 is 9.53 Å². The Morgan fingerprint density at radius 3 is 2.50 bits per heavy atom. The molecule has 0 rings (SSSR count). The van der Waals surface area contributed by atoms with Crippen LogP contribution in [-0.4, -0.2) is 25.3 Å². The summed E-state index contributed by atoms with van der Waals surface area (Å²) in [6, 6.07) is 0. The van der Waals surface area contributed by atoms with E-state index in [1.165, 1.54) is 0 Å². The number of esters is 1. The lowest BCUT2D eigenvalue weighted by atomic mass is 10.4. The predicted molar refractivity (Wildman–Crippen MR) is 36.8 cm³/mol. The minimum atomic E-state index is -0.610. The summed E-state index contributed by atoms with van der Waals surface area (Å²) in [6.45, 7) is 0.261. The van der Waals surface area contributed by atoms with Crippen molar-refractivity contribution >= 4 is 5.97 Å². The Morgan fingerprint density at radius 2 is 2.10 bits per heavy atom. The first-order chi connectivity index (χ1) is 4.70. The van der Waals surface area contributed by atoms with E-state index in [1.54, 1.807) is 0 Å². The third kappa shape index (κ3) is 4.25. The van der Waals surface area contributed by atoms with Crippen LogP contribution in [0.2, 0.25) is 0 Å². The normalized spacial score (nSPS) is 12.7. The summed E-state index contributed by atoms with van der Waals surface area (Å²) in [7, 11) is 0. The Bertz CT molecular complexity index is 107. The summed E-state index contributed by atoms with van der Waals surface area (Å²) in [5.74, 6) is -0.499. The molecule has 0 aromatic heterocycles. The van der Waals surface area contributed by atoms with E-state index in [0.29, 0.717) is 13.0 Å². The van der Waals surface area contributed by atoms with Gasteiger partial charge in [0, 0.05) is 6.42 Å². The van der Waals surface area contributed by atoms with Gasteiger partial charge in [-0.15, -0.1) is 0 Å². The Balaban J connectivity index is 3.37. The van der Waals surface area contributed by atoms with Crippen LogP contribution in [0.15, 0.2) is 0 Å². The van der Waals surface area contributed by atoms with Crippen LogP contribution in [0.1, 0.15) is 6.42 Å². The molecule has 5 nitrogen and oxygen atoms in total. The number of carbonyl (C=O) groups excluding carboxylic acids is 1. The maximum absolute atomic E-state index is 10.4. The first kappa shape index (κ1) is 9.35. The summed E-state index contributed by atoms with van der Waals surface area (Å²) < 4.78 is 4.57. The van der Waals surface area contributed by atoms with Gasteiger partial charge < -0.3 is 16.2 Å². The standard InChI is InChI=1S/C5H13N3O2/c6-2-1-4(8)10-5(9)3-7/h4H,1-3,6-8H2. The molecule has 10 heavy (non-hydrogen) atoms. The van der Waals surface area contributed by atoms with Crippen molar-refractivity contribution in [3.63, 3.8) is 0 Å². The van der Waals surface area contributed by atoms with E-state index >= 15 is 0 Å². The molecule has 0 saturated heterocycles. The number of nitrogens with two attached hydrogens (primary N) is 3. The SMILES string of the molecule is NCCC(N)OC(=O)CN. The third-order valence-electron chi connectivity index (χ3n) is 0.901. The number of carbonyl (C=O) groups is 1. The molecule has 0 aromatic rings. The second-order valence-electron chi connectivity index (χ2n) is 1.81. The zero-order valence-electron chi connectivity index (χ0n) is 5.75. The van der Waals surface area contributed by atoms with Crippen molar-refractivity contribution in [1.29, 1.82) is 0 Å². The predicted octanol–water partition coefficient (Wildman–Crippen LogP) is -1.88. The third-order valence-corrected chi connectivity index (χ3v) is 0.901. The molecule has 0 aliphatic heterocycles. The van der Waals surface area contributed by atoms with Crippen molar-refractivity contribution in [2.45, 2.75) is 12.6 Å². The summed E-state index contributed by atoms with van der Waals surface area (Å²) in [5.41, 5.74) is 15.4. The molecule has 0 saturated carbocycles. The molecule has 0 spiro atoms. The van der Waals surface area contributed by atoms with Gasteiger partial charge in [-0.1, -0.05) is 0 Å². The lowest BCUT2D eigenvalue weighted by molar-refractivity contribution is -0.147. The van der Waals surface area contributed by atoms with Crippen molar-refractivity contribution in [3.05, 3.63) is 0 Å². The van der Waals surface area contributed by atoms with Crippen molar-refractivity contribution in [3.8, 4) is 0 Å². The molecule has 0 heterocycles. The zero-order valence-corrected chi connectivity index (χ0v) is 5.75.